The minimum atomic E-state index is -2.44. The fourth-order valence-electron chi connectivity index (χ4n) is 1.55. The van der Waals surface area contributed by atoms with Crippen molar-refractivity contribution in [3.63, 3.8) is 0 Å². The van der Waals surface area contributed by atoms with Crippen molar-refractivity contribution >= 4 is 29.2 Å². The zero-order valence-corrected chi connectivity index (χ0v) is 11.9. The molecule has 0 atom stereocenters. The van der Waals surface area contributed by atoms with Gasteiger partial charge >= 0.3 is 0 Å². The molecule has 0 spiro atoms. The third-order valence-corrected chi connectivity index (χ3v) is 3.15. The van der Waals surface area contributed by atoms with Crippen molar-refractivity contribution in [2.75, 3.05) is 17.2 Å². The van der Waals surface area contributed by atoms with Crippen LogP contribution in [0.3, 0.4) is 0 Å². The Morgan fingerprint density at radius 1 is 1.38 bits per heavy atom. The number of aryl methyl sites for hydroxylation is 1. The fourth-order valence-corrected chi connectivity index (χ4v) is 2.05. The summed E-state index contributed by atoms with van der Waals surface area (Å²) in [6.45, 7) is 1.76. The molecule has 0 saturated carbocycles. The highest BCUT2D eigenvalue weighted by molar-refractivity contribution is 7.99. The normalized spacial score (nSPS) is 10.7. The summed E-state index contributed by atoms with van der Waals surface area (Å²) in [4.78, 5) is 12.1. The summed E-state index contributed by atoms with van der Waals surface area (Å²) >= 11 is 0.477. The lowest BCUT2D eigenvalue weighted by atomic mass is 10.3. The predicted molar refractivity (Wildman–Crippen MR) is 76.7 cm³/mol. The van der Waals surface area contributed by atoms with Gasteiger partial charge in [-0.15, -0.1) is 0 Å². The van der Waals surface area contributed by atoms with E-state index in [0.29, 0.717) is 33.9 Å². The lowest BCUT2D eigenvalue weighted by Gasteiger charge is -2.07. The molecule has 1 aromatic carbocycles. The number of hydrogen-bond donors (Lipinski definition) is 2. The number of anilines is 2. The molecule has 0 radical (unpaired) electrons. The quantitative estimate of drug-likeness (QED) is 0.801. The Hall–Kier alpha value is -2.09. The number of carbonyl (C=O) groups is 1. The molecule has 1 amide bonds. The standard InChI is InChI=1S/C13H13F2N3O2S/c1-8-6-11(18-20-8)17-12(19)7-16-9-2-4-10(5-3-9)21-13(14)15/h2-6,13,16H,7H2,1H3,(H,17,18,19). The Bertz CT molecular complexity index is 602. The van der Waals surface area contributed by atoms with Crippen LogP contribution in [-0.4, -0.2) is 23.4 Å². The smallest absolute Gasteiger partial charge is 0.288 e. The average molecular weight is 313 g/mol. The lowest BCUT2D eigenvalue weighted by Crippen LogP contribution is -2.21. The van der Waals surface area contributed by atoms with Gasteiger partial charge in [-0.1, -0.05) is 16.9 Å². The maximum Gasteiger partial charge on any atom is 0.288 e. The zero-order valence-electron chi connectivity index (χ0n) is 11.1. The summed E-state index contributed by atoms with van der Waals surface area (Å²) in [6, 6.07) is 8.01. The van der Waals surface area contributed by atoms with E-state index in [2.05, 4.69) is 15.8 Å². The van der Waals surface area contributed by atoms with Gasteiger partial charge in [-0.05, 0) is 31.2 Å². The molecule has 0 unspecified atom stereocenters. The number of rotatable bonds is 6. The molecule has 2 aromatic rings. The Morgan fingerprint density at radius 2 is 2.10 bits per heavy atom. The van der Waals surface area contributed by atoms with E-state index in [9.17, 15) is 13.6 Å². The van der Waals surface area contributed by atoms with Crippen LogP contribution in [0.5, 0.6) is 0 Å². The average Bonchev–Trinajstić information content (AvgIpc) is 2.83. The largest absolute Gasteiger partial charge is 0.376 e. The van der Waals surface area contributed by atoms with Gasteiger partial charge in [0.15, 0.2) is 5.82 Å². The molecule has 0 aliphatic rings. The van der Waals surface area contributed by atoms with Gasteiger partial charge in [-0.3, -0.25) is 4.79 Å². The van der Waals surface area contributed by atoms with E-state index in [1.54, 1.807) is 37.3 Å². The van der Waals surface area contributed by atoms with E-state index < -0.39 is 5.76 Å². The molecular formula is C13H13F2N3O2S. The van der Waals surface area contributed by atoms with Gasteiger partial charge in [0.05, 0.1) is 6.54 Å². The van der Waals surface area contributed by atoms with Crippen LogP contribution < -0.4 is 10.6 Å². The van der Waals surface area contributed by atoms with Crippen molar-refractivity contribution in [3.8, 4) is 0 Å². The maximum atomic E-state index is 12.2. The number of nitrogens with one attached hydrogen (secondary N) is 2. The minimum Gasteiger partial charge on any atom is -0.376 e. The SMILES string of the molecule is Cc1cc(NC(=O)CNc2ccc(SC(F)F)cc2)no1. The topological polar surface area (TPSA) is 67.2 Å². The van der Waals surface area contributed by atoms with Gasteiger partial charge in [0.25, 0.3) is 5.76 Å². The molecule has 0 saturated heterocycles. The second-order valence-electron chi connectivity index (χ2n) is 4.13. The first kappa shape index (κ1) is 15.3. The zero-order chi connectivity index (χ0) is 15.2. The Labute approximate surface area is 124 Å². The molecule has 21 heavy (non-hydrogen) atoms. The van der Waals surface area contributed by atoms with Crippen LogP contribution in [0, 0.1) is 6.92 Å². The van der Waals surface area contributed by atoms with E-state index in [1.165, 1.54) is 0 Å². The summed E-state index contributed by atoms with van der Waals surface area (Å²) < 4.78 is 29.2. The van der Waals surface area contributed by atoms with Gasteiger partial charge in [0.1, 0.15) is 5.76 Å². The Kier molecular flexibility index (Phi) is 5.15. The van der Waals surface area contributed by atoms with E-state index in [0.717, 1.165) is 0 Å². The van der Waals surface area contributed by atoms with Gasteiger partial charge in [0, 0.05) is 16.6 Å². The van der Waals surface area contributed by atoms with Gasteiger partial charge < -0.3 is 15.2 Å². The molecule has 8 heteroatoms. The molecule has 0 aliphatic carbocycles. The molecule has 0 fully saturated rings. The van der Waals surface area contributed by atoms with Crippen LogP contribution >= 0.6 is 11.8 Å². The highest BCUT2D eigenvalue weighted by Gasteiger charge is 2.07. The van der Waals surface area contributed by atoms with Gasteiger partial charge in [-0.25, -0.2) is 0 Å². The highest BCUT2D eigenvalue weighted by Crippen LogP contribution is 2.26. The molecule has 5 nitrogen and oxygen atoms in total. The molecule has 0 aliphatic heterocycles. The van der Waals surface area contributed by atoms with Crippen molar-refractivity contribution in [1.29, 1.82) is 0 Å². The number of nitrogens with zero attached hydrogens (tertiary/aromatic N) is 1. The third kappa shape index (κ3) is 5.07. The monoisotopic (exact) mass is 313 g/mol. The molecule has 2 N–H and O–H groups in total. The van der Waals surface area contributed by atoms with Gasteiger partial charge in [0.2, 0.25) is 5.91 Å². The summed E-state index contributed by atoms with van der Waals surface area (Å²) in [5.41, 5.74) is 0.667. The molecule has 2 rings (SSSR count). The summed E-state index contributed by atoms with van der Waals surface area (Å²) in [5, 5.41) is 9.09. The number of benzene rings is 1. The second kappa shape index (κ2) is 7.07. The number of aromatic nitrogens is 1. The lowest BCUT2D eigenvalue weighted by molar-refractivity contribution is -0.114. The molecule has 1 aromatic heterocycles. The van der Waals surface area contributed by atoms with Crippen LogP contribution in [0.1, 0.15) is 5.76 Å². The Morgan fingerprint density at radius 3 is 2.67 bits per heavy atom. The van der Waals surface area contributed by atoms with Gasteiger partial charge in [-0.2, -0.15) is 8.78 Å². The van der Waals surface area contributed by atoms with Crippen molar-refractivity contribution < 1.29 is 18.1 Å². The third-order valence-electron chi connectivity index (χ3n) is 2.43. The van der Waals surface area contributed by atoms with E-state index in [4.69, 9.17) is 4.52 Å². The van der Waals surface area contributed by atoms with Crippen molar-refractivity contribution in [2.24, 2.45) is 0 Å². The number of halogens is 2. The number of hydrogen-bond acceptors (Lipinski definition) is 5. The minimum absolute atomic E-state index is 0.0350. The first-order chi connectivity index (χ1) is 10.0. The summed E-state index contributed by atoms with van der Waals surface area (Å²) in [5.74, 6) is -1.77. The van der Waals surface area contributed by atoms with Crippen LogP contribution in [-0.2, 0) is 4.79 Å². The molecule has 112 valence electrons. The first-order valence-electron chi connectivity index (χ1n) is 6.05. The van der Waals surface area contributed by atoms with Crippen LogP contribution in [0.4, 0.5) is 20.3 Å². The maximum absolute atomic E-state index is 12.2. The van der Waals surface area contributed by atoms with Crippen molar-refractivity contribution in [2.45, 2.75) is 17.6 Å². The van der Waals surface area contributed by atoms with E-state index >= 15 is 0 Å². The van der Waals surface area contributed by atoms with Crippen molar-refractivity contribution in [3.05, 3.63) is 36.1 Å². The number of amides is 1. The predicted octanol–water partition coefficient (Wildman–Crippen LogP) is 3.35. The van der Waals surface area contributed by atoms with E-state index in [1.807, 2.05) is 0 Å². The highest BCUT2D eigenvalue weighted by atomic mass is 32.2. The second-order valence-corrected chi connectivity index (χ2v) is 5.19. The number of thioether (sulfide) groups is 1. The van der Waals surface area contributed by atoms with Crippen LogP contribution in [0.2, 0.25) is 0 Å². The van der Waals surface area contributed by atoms with E-state index in [-0.39, 0.29) is 12.5 Å². The van der Waals surface area contributed by atoms with Crippen molar-refractivity contribution in [1.82, 2.24) is 5.16 Å². The van der Waals surface area contributed by atoms with Crippen LogP contribution in [0.15, 0.2) is 39.8 Å². The summed E-state index contributed by atoms with van der Waals surface area (Å²) in [6.07, 6.45) is 0. The molecule has 1 heterocycles. The fraction of sp³-hybridized carbons (Fsp3) is 0.231. The first-order valence-corrected chi connectivity index (χ1v) is 6.93. The van der Waals surface area contributed by atoms with Crippen LogP contribution in [0.25, 0.3) is 0 Å². The molecular weight excluding hydrogens is 300 g/mol. The molecule has 0 bridgehead atoms. The summed E-state index contributed by atoms with van der Waals surface area (Å²) in [7, 11) is 0. The number of alkyl halides is 2. The number of carbonyl (C=O) groups excluding carboxylic acids is 1. The Balaban J connectivity index is 1.81.